The number of fused-ring (bicyclic) bond motifs is 1. The van der Waals surface area contributed by atoms with E-state index < -0.39 is 0 Å². The van der Waals surface area contributed by atoms with Gasteiger partial charge in [0.25, 0.3) is 0 Å². The van der Waals surface area contributed by atoms with Crippen LogP contribution in [0.2, 0.25) is 0 Å². The van der Waals surface area contributed by atoms with E-state index >= 15 is 0 Å². The molecular weight excluding hydrogens is 162 g/mol. The second kappa shape index (κ2) is 2.55. The molecule has 0 saturated carbocycles. The first-order valence-corrected chi connectivity index (χ1v) is 4.36. The molecule has 2 aromatic rings. The van der Waals surface area contributed by atoms with Gasteiger partial charge < -0.3 is 4.57 Å². The Morgan fingerprint density at radius 2 is 1.85 bits per heavy atom. The lowest BCUT2D eigenvalue weighted by molar-refractivity contribution is 0.888. The lowest BCUT2D eigenvalue weighted by atomic mass is 10.2. The second-order valence-corrected chi connectivity index (χ2v) is 3.44. The smallest absolute Gasteiger partial charge is 0.126 e. The molecule has 0 aliphatic carbocycles. The molecule has 2 heterocycles. The van der Waals surface area contributed by atoms with Gasteiger partial charge in [-0.3, -0.25) is 0 Å². The third-order valence-electron chi connectivity index (χ3n) is 2.44. The maximum absolute atomic E-state index is 4.39. The molecule has 0 fully saturated rings. The largest absolute Gasteiger partial charge is 0.352 e. The van der Waals surface area contributed by atoms with Crippen LogP contribution < -0.4 is 0 Å². The molecule has 0 aliphatic rings. The molecule has 0 spiro atoms. The van der Waals surface area contributed by atoms with Gasteiger partial charge in [0.1, 0.15) is 5.82 Å². The highest BCUT2D eigenvalue weighted by molar-refractivity contribution is 5.83. The molecule has 68 valence electrons. The van der Waals surface area contributed by atoms with Crippen LogP contribution in [0.4, 0.5) is 0 Å². The van der Waals surface area contributed by atoms with Crippen molar-refractivity contribution in [3.63, 3.8) is 0 Å². The van der Waals surface area contributed by atoms with Gasteiger partial charge in [-0.2, -0.15) is 0 Å². The first kappa shape index (κ1) is 8.23. The zero-order valence-corrected chi connectivity index (χ0v) is 8.42. The summed E-state index contributed by atoms with van der Waals surface area (Å²) < 4.78 is 2.09. The Kier molecular flexibility index (Phi) is 1.62. The molecule has 2 aromatic heterocycles. The van der Waals surface area contributed by atoms with Crippen molar-refractivity contribution in [2.75, 3.05) is 0 Å². The Morgan fingerprint density at radius 1 is 1.15 bits per heavy atom. The number of rotatable bonds is 0. The summed E-state index contributed by atoms with van der Waals surface area (Å²) in [5, 5.41) is 1.19. The van der Waals surface area contributed by atoms with Crippen molar-refractivity contribution >= 4 is 10.9 Å². The van der Waals surface area contributed by atoms with Gasteiger partial charge in [-0.05, 0) is 20.8 Å². The van der Waals surface area contributed by atoms with Gasteiger partial charge in [-0.25, -0.2) is 9.97 Å². The summed E-state index contributed by atoms with van der Waals surface area (Å²) in [4.78, 5) is 8.74. The Labute approximate surface area is 77.4 Å². The van der Waals surface area contributed by atoms with Crippen molar-refractivity contribution in [3.8, 4) is 0 Å². The van der Waals surface area contributed by atoms with Crippen LogP contribution in [0.1, 0.15) is 17.2 Å². The van der Waals surface area contributed by atoms with Crippen LogP contribution in [-0.4, -0.2) is 14.5 Å². The van der Waals surface area contributed by atoms with E-state index in [1.165, 1.54) is 11.1 Å². The van der Waals surface area contributed by atoms with E-state index in [4.69, 9.17) is 0 Å². The Bertz CT molecular complexity index is 468. The van der Waals surface area contributed by atoms with Crippen molar-refractivity contribution in [1.82, 2.24) is 14.5 Å². The van der Waals surface area contributed by atoms with Gasteiger partial charge in [0, 0.05) is 24.3 Å². The van der Waals surface area contributed by atoms with E-state index in [2.05, 4.69) is 21.5 Å². The third kappa shape index (κ3) is 1.11. The van der Waals surface area contributed by atoms with Crippen LogP contribution in [0.3, 0.4) is 0 Å². The van der Waals surface area contributed by atoms with Gasteiger partial charge in [-0.1, -0.05) is 0 Å². The first-order valence-electron chi connectivity index (χ1n) is 4.36. The maximum atomic E-state index is 4.39. The van der Waals surface area contributed by atoms with Crippen LogP contribution >= 0.6 is 0 Å². The van der Waals surface area contributed by atoms with E-state index in [9.17, 15) is 0 Å². The summed E-state index contributed by atoms with van der Waals surface area (Å²) in [5.74, 6) is 0.843. The first-order chi connectivity index (χ1) is 6.09. The van der Waals surface area contributed by atoms with Gasteiger partial charge in [-0.15, -0.1) is 0 Å². The molecular formula is C10H13N3. The summed E-state index contributed by atoms with van der Waals surface area (Å²) in [7, 11) is 2.03. The maximum Gasteiger partial charge on any atom is 0.126 e. The minimum absolute atomic E-state index is 0.843. The average Bonchev–Trinajstić information content (AvgIpc) is 2.27. The molecule has 0 unspecified atom stereocenters. The number of aromatic nitrogens is 3. The van der Waals surface area contributed by atoms with E-state index in [-0.39, 0.29) is 0 Å². The van der Waals surface area contributed by atoms with Crippen molar-refractivity contribution in [2.45, 2.75) is 20.8 Å². The average molecular weight is 175 g/mol. The molecule has 0 bridgehead atoms. The fourth-order valence-electron chi connectivity index (χ4n) is 1.74. The van der Waals surface area contributed by atoms with Gasteiger partial charge in [0.15, 0.2) is 0 Å². The highest BCUT2D eigenvalue weighted by atomic mass is 15.0. The van der Waals surface area contributed by atoms with Gasteiger partial charge in [0.05, 0.1) is 11.2 Å². The number of aryl methyl sites for hydroxylation is 4. The predicted octanol–water partition coefficient (Wildman–Crippen LogP) is 1.89. The van der Waals surface area contributed by atoms with E-state index in [0.29, 0.717) is 0 Å². The Morgan fingerprint density at radius 3 is 2.54 bits per heavy atom. The lowest BCUT2D eigenvalue weighted by Crippen LogP contribution is -1.92. The molecule has 0 atom stereocenters. The number of hydrogen-bond donors (Lipinski definition) is 0. The van der Waals surface area contributed by atoms with Crippen LogP contribution in [0.15, 0.2) is 6.20 Å². The van der Waals surface area contributed by atoms with Crippen LogP contribution in [0.25, 0.3) is 10.9 Å². The van der Waals surface area contributed by atoms with Crippen molar-refractivity contribution in [1.29, 1.82) is 0 Å². The minimum Gasteiger partial charge on any atom is -0.352 e. The molecule has 0 aliphatic heterocycles. The summed E-state index contributed by atoms with van der Waals surface area (Å²) >= 11 is 0. The fourth-order valence-corrected chi connectivity index (χ4v) is 1.74. The SMILES string of the molecule is Cc1nc(C)c2c(C)n(C)cc2n1. The predicted molar refractivity (Wildman–Crippen MR) is 52.7 cm³/mol. The van der Waals surface area contributed by atoms with Gasteiger partial charge >= 0.3 is 0 Å². The molecule has 0 saturated heterocycles. The van der Waals surface area contributed by atoms with Gasteiger partial charge in [0.2, 0.25) is 0 Å². The second-order valence-electron chi connectivity index (χ2n) is 3.44. The molecule has 0 radical (unpaired) electrons. The normalized spacial score (nSPS) is 11.1. The number of hydrogen-bond acceptors (Lipinski definition) is 2. The molecule has 2 rings (SSSR count). The summed E-state index contributed by atoms with van der Waals surface area (Å²) in [5.41, 5.74) is 3.35. The highest BCUT2D eigenvalue weighted by Gasteiger charge is 2.07. The molecule has 0 aromatic carbocycles. The zero-order chi connectivity index (χ0) is 9.59. The topological polar surface area (TPSA) is 30.7 Å². The summed E-state index contributed by atoms with van der Waals surface area (Å²) in [6, 6.07) is 0. The highest BCUT2D eigenvalue weighted by Crippen LogP contribution is 2.20. The zero-order valence-electron chi connectivity index (χ0n) is 8.42. The quantitative estimate of drug-likeness (QED) is 0.612. The number of nitrogens with zero attached hydrogens (tertiary/aromatic N) is 3. The summed E-state index contributed by atoms with van der Waals surface area (Å²) in [6.45, 7) is 6.05. The minimum atomic E-state index is 0.843. The van der Waals surface area contributed by atoms with Crippen molar-refractivity contribution < 1.29 is 0 Å². The monoisotopic (exact) mass is 175 g/mol. The third-order valence-corrected chi connectivity index (χ3v) is 2.44. The van der Waals surface area contributed by atoms with Crippen molar-refractivity contribution in [3.05, 3.63) is 23.4 Å². The molecule has 0 amide bonds. The van der Waals surface area contributed by atoms with Crippen LogP contribution in [-0.2, 0) is 7.05 Å². The van der Waals surface area contributed by atoms with Crippen LogP contribution in [0, 0.1) is 20.8 Å². The summed E-state index contributed by atoms with van der Waals surface area (Å²) in [6.07, 6.45) is 2.05. The Hall–Kier alpha value is -1.38. The standard InChI is InChI=1S/C10H13N3/c1-6-10-7(2)13(4)5-9(10)12-8(3)11-6/h5H,1-4H3. The lowest BCUT2D eigenvalue weighted by Gasteiger charge is -1.98. The van der Waals surface area contributed by atoms with E-state index in [1.54, 1.807) is 0 Å². The van der Waals surface area contributed by atoms with E-state index in [1.807, 2.05) is 27.1 Å². The van der Waals surface area contributed by atoms with Crippen LogP contribution in [0.5, 0.6) is 0 Å². The fraction of sp³-hybridized carbons (Fsp3) is 0.400. The molecule has 3 heteroatoms. The molecule has 13 heavy (non-hydrogen) atoms. The van der Waals surface area contributed by atoms with E-state index in [0.717, 1.165) is 17.0 Å². The Balaban J connectivity index is 2.94. The molecule has 0 N–H and O–H groups in total. The van der Waals surface area contributed by atoms with Crippen molar-refractivity contribution in [2.24, 2.45) is 7.05 Å². The molecule has 3 nitrogen and oxygen atoms in total.